The molecule has 1 aliphatic carbocycles. The zero-order chi connectivity index (χ0) is 15.2. The number of aromatic nitrogens is 2. The molecule has 1 unspecified atom stereocenters. The topological polar surface area (TPSA) is 90.1 Å². The summed E-state index contributed by atoms with van der Waals surface area (Å²) in [6, 6.07) is 2.02. The van der Waals surface area contributed by atoms with Gasteiger partial charge in [-0.15, -0.1) is 0 Å². The third-order valence-corrected chi connectivity index (χ3v) is 4.03. The molecule has 1 fully saturated rings. The van der Waals surface area contributed by atoms with Gasteiger partial charge >= 0.3 is 5.97 Å². The molecule has 1 aromatic heterocycles. The molecule has 0 bridgehead atoms. The van der Waals surface area contributed by atoms with E-state index >= 15 is 0 Å². The van der Waals surface area contributed by atoms with Crippen molar-refractivity contribution in [3.8, 4) is 0 Å². The molecule has 1 atom stereocenters. The minimum absolute atomic E-state index is 0.0828. The van der Waals surface area contributed by atoms with Gasteiger partial charge in [-0.3, -0.25) is 0 Å². The van der Waals surface area contributed by atoms with Crippen LogP contribution in [-0.2, 0) is 4.74 Å². The van der Waals surface area contributed by atoms with Crippen molar-refractivity contribution in [3.05, 3.63) is 17.6 Å². The Bertz CT molecular complexity index is 487. The number of nitrogens with zero attached hydrogens (tertiary/aromatic N) is 2. The molecule has 21 heavy (non-hydrogen) atoms. The Balaban J connectivity index is 2.12. The number of anilines is 1. The number of nitrogens with two attached hydrogens (primary N) is 1. The first-order chi connectivity index (χ1) is 10.1. The van der Waals surface area contributed by atoms with Gasteiger partial charge in [-0.25, -0.2) is 14.8 Å². The molecule has 116 valence electrons. The molecule has 0 aromatic carbocycles. The van der Waals surface area contributed by atoms with E-state index in [4.69, 9.17) is 5.73 Å². The molecule has 1 aliphatic rings. The summed E-state index contributed by atoms with van der Waals surface area (Å²) in [5.41, 5.74) is 6.64. The second kappa shape index (κ2) is 7.36. The number of carbonyl (C=O) groups is 1. The lowest BCUT2D eigenvalue weighted by Gasteiger charge is -2.30. The summed E-state index contributed by atoms with van der Waals surface area (Å²) in [5.74, 6) is 0.771. The Morgan fingerprint density at radius 2 is 2.14 bits per heavy atom. The van der Waals surface area contributed by atoms with Gasteiger partial charge in [-0.1, -0.05) is 19.3 Å². The summed E-state index contributed by atoms with van der Waals surface area (Å²) >= 11 is 0. The SMILES string of the molecule is COC(=O)c1nc(C)cc(NC(CN)C2CCCCC2)n1. The van der Waals surface area contributed by atoms with Crippen LogP contribution >= 0.6 is 0 Å². The monoisotopic (exact) mass is 292 g/mol. The highest BCUT2D eigenvalue weighted by atomic mass is 16.5. The molecule has 1 aromatic rings. The van der Waals surface area contributed by atoms with Crippen LogP contribution in [-0.4, -0.2) is 35.6 Å². The van der Waals surface area contributed by atoms with Crippen LogP contribution in [0.2, 0.25) is 0 Å². The average Bonchev–Trinajstić information content (AvgIpc) is 2.52. The van der Waals surface area contributed by atoms with Crippen molar-refractivity contribution in [1.29, 1.82) is 0 Å². The highest BCUT2D eigenvalue weighted by Gasteiger charge is 2.23. The zero-order valence-electron chi connectivity index (χ0n) is 12.8. The molecule has 0 amide bonds. The smallest absolute Gasteiger partial charge is 0.376 e. The van der Waals surface area contributed by atoms with Crippen LogP contribution in [0.4, 0.5) is 5.82 Å². The van der Waals surface area contributed by atoms with Gasteiger partial charge in [0.05, 0.1) is 7.11 Å². The van der Waals surface area contributed by atoms with E-state index in [1.165, 1.54) is 39.2 Å². The van der Waals surface area contributed by atoms with Gasteiger partial charge in [0.25, 0.3) is 0 Å². The van der Waals surface area contributed by atoms with Crippen LogP contribution in [0.5, 0.6) is 0 Å². The lowest BCUT2D eigenvalue weighted by atomic mass is 9.84. The fourth-order valence-corrected chi connectivity index (χ4v) is 2.92. The molecule has 0 spiro atoms. The van der Waals surface area contributed by atoms with E-state index in [-0.39, 0.29) is 11.9 Å². The number of esters is 1. The number of hydrogen-bond acceptors (Lipinski definition) is 6. The van der Waals surface area contributed by atoms with Crippen molar-refractivity contribution in [2.45, 2.75) is 45.1 Å². The predicted molar refractivity (Wildman–Crippen MR) is 81.1 cm³/mol. The van der Waals surface area contributed by atoms with Gasteiger partial charge in [-0.05, 0) is 25.7 Å². The Morgan fingerprint density at radius 1 is 1.43 bits per heavy atom. The molecule has 2 rings (SSSR count). The molecule has 0 saturated heterocycles. The van der Waals surface area contributed by atoms with Gasteiger partial charge < -0.3 is 15.8 Å². The van der Waals surface area contributed by atoms with E-state index in [9.17, 15) is 4.79 Å². The van der Waals surface area contributed by atoms with Gasteiger partial charge in [0, 0.05) is 24.3 Å². The molecular weight excluding hydrogens is 268 g/mol. The van der Waals surface area contributed by atoms with Crippen LogP contribution in [0, 0.1) is 12.8 Å². The third kappa shape index (κ3) is 4.14. The van der Waals surface area contributed by atoms with Gasteiger partial charge in [0.1, 0.15) is 5.82 Å². The van der Waals surface area contributed by atoms with Gasteiger partial charge in [-0.2, -0.15) is 0 Å². The summed E-state index contributed by atoms with van der Waals surface area (Å²) in [6.45, 7) is 2.39. The van der Waals surface area contributed by atoms with Gasteiger partial charge in [0.15, 0.2) is 0 Å². The molecule has 0 aliphatic heterocycles. The van der Waals surface area contributed by atoms with Crippen molar-refractivity contribution in [2.75, 3.05) is 19.0 Å². The maximum absolute atomic E-state index is 11.6. The number of aryl methyl sites for hydroxylation is 1. The molecule has 3 N–H and O–H groups in total. The molecule has 6 heteroatoms. The lowest BCUT2D eigenvalue weighted by Crippen LogP contribution is -2.37. The lowest BCUT2D eigenvalue weighted by molar-refractivity contribution is 0.0586. The minimum atomic E-state index is -0.524. The van der Waals surface area contributed by atoms with Crippen LogP contribution in [0.25, 0.3) is 0 Å². The number of ether oxygens (including phenoxy) is 1. The summed E-state index contributed by atoms with van der Waals surface area (Å²) in [6.07, 6.45) is 6.23. The Kier molecular flexibility index (Phi) is 5.50. The van der Waals surface area contributed by atoms with Crippen molar-refractivity contribution in [1.82, 2.24) is 9.97 Å². The molecule has 1 saturated carbocycles. The normalized spacial score (nSPS) is 17.3. The van der Waals surface area contributed by atoms with Crippen molar-refractivity contribution in [3.63, 3.8) is 0 Å². The average molecular weight is 292 g/mol. The van der Waals surface area contributed by atoms with Gasteiger partial charge in [0.2, 0.25) is 5.82 Å². The van der Waals surface area contributed by atoms with E-state index in [0.717, 1.165) is 5.69 Å². The number of nitrogens with one attached hydrogen (secondary N) is 1. The number of hydrogen-bond donors (Lipinski definition) is 2. The molecule has 0 radical (unpaired) electrons. The number of rotatable bonds is 5. The standard InChI is InChI=1S/C15H24N4O2/c1-10-8-13(19-14(17-10)15(20)21-2)18-12(9-16)11-6-4-3-5-7-11/h8,11-12H,3-7,9,16H2,1-2H3,(H,17,18,19). The first kappa shape index (κ1) is 15.7. The van der Waals surface area contributed by atoms with E-state index < -0.39 is 5.97 Å². The third-order valence-electron chi connectivity index (χ3n) is 4.03. The fraction of sp³-hybridized carbons (Fsp3) is 0.667. The Hall–Kier alpha value is -1.69. The number of methoxy groups -OCH3 is 1. The van der Waals surface area contributed by atoms with Crippen molar-refractivity contribution < 1.29 is 9.53 Å². The quantitative estimate of drug-likeness (QED) is 0.805. The van der Waals surface area contributed by atoms with E-state index in [0.29, 0.717) is 18.3 Å². The van der Waals surface area contributed by atoms with Crippen molar-refractivity contribution >= 4 is 11.8 Å². The van der Waals surface area contributed by atoms with Crippen LogP contribution in [0.3, 0.4) is 0 Å². The first-order valence-corrected chi connectivity index (χ1v) is 7.54. The largest absolute Gasteiger partial charge is 0.463 e. The minimum Gasteiger partial charge on any atom is -0.463 e. The van der Waals surface area contributed by atoms with Crippen molar-refractivity contribution in [2.24, 2.45) is 11.7 Å². The molecule has 1 heterocycles. The van der Waals surface area contributed by atoms with E-state index in [1.807, 2.05) is 13.0 Å². The fourth-order valence-electron chi connectivity index (χ4n) is 2.92. The number of carbonyl (C=O) groups excluding carboxylic acids is 1. The second-order valence-electron chi connectivity index (χ2n) is 5.59. The summed E-state index contributed by atoms with van der Waals surface area (Å²) in [4.78, 5) is 19.9. The van der Waals surface area contributed by atoms with Crippen LogP contribution < -0.4 is 11.1 Å². The summed E-state index contributed by atoms with van der Waals surface area (Å²) < 4.78 is 4.68. The Morgan fingerprint density at radius 3 is 2.76 bits per heavy atom. The summed E-state index contributed by atoms with van der Waals surface area (Å²) in [7, 11) is 1.33. The maximum Gasteiger partial charge on any atom is 0.376 e. The van der Waals surface area contributed by atoms with Crippen LogP contribution in [0.1, 0.15) is 48.4 Å². The predicted octanol–water partition coefficient (Wildman–Crippen LogP) is 1.89. The zero-order valence-corrected chi connectivity index (χ0v) is 12.8. The first-order valence-electron chi connectivity index (χ1n) is 7.54. The van der Waals surface area contributed by atoms with E-state index in [1.54, 1.807) is 0 Å². The second-order valence-corrected chi connectivity index (χ2v) is 5.59. The molecule has 6 nitrogen and oxygen atoms in total. The maximum atomic E-state index is 11.6. The molecular formula is C15H24N4O2. The van der Waals surface area contributed by atoms with Crippen LogP contribution in [0.15, 0.2) is 6.07 Å². The van der Waals surface area contributed by atoms with E-state index in [2.05, 4.69) is 20.0 Å². The summed E-state index contributed by atoms with van der Waals surface area (Å²) in [5, 5.41) is 3.37. The Labute approximate surface area is 125 Å². The highest BCUT2D eigenvalue weighted by molar-refractivity contribution is 5.85. The highest BCUT2D eigenvalue weighted by Crippen LogP contribution is 2.27.